The predicted octanol–water partition coefficient (Wildman–Crippen LogP) is 2.14. The van der Waals surface area contributed by atoms with Crippen molar-refractivity contribution in [3.8, 4) is 11.6 Å². The van der Waals surface area contributed by atoms with E-state index in [0.717, 1.165) is 0 Å². The molecule has 0 atom stereocenters. The number of furan rings is 1. The van der Waals surface area contributed by atoms with Crippen LogP contribution in [0.1, 0.15) is 13.8 Å². The minimum atomic E-state index is 0.0980. The maximum absolute atomic E-state index is 12.1. The van der Waals surface area contributed by atoms with Crippen LogP contribution in [0.15, 0.2) is 28.0 Å². The van der Waals surface area contributed by atoms with Crippen LogP contribution >= 0.6 is 11.8 Å². The number of amides is 1. The Morgan fingerprint density at radius 1 is 1.39 bits per heavy atom. The Hall–Kier alpha value is -1.80. The molecule has 0 fully saturated rings. The van der Waals surface area contributed by atoms with Gasteiger partial charge in [0.25, 0.3) is 0 Å². The van der Waals surface area contributed by atoms with Gasteiger partial charge in [0.05, 0.1) is 25.2 Å². The zero-order chi connectivity index (χ0) is 16.7. The van der Waals surface area contributed by atoms with E-state index in [9.17, 15) is 4.79 Å². The Kier molecular flexibility index (Phi) is 6.66. The molecular formula is C15H22N4O3S. The highest BCUT2D eigenvalue weighted by atomic mass is 32.2. The van der Waals surface area contributed by atoms with Crippen LogP contribution in [0, 0.1) is 0 Å². The number of ether oxygens (including phenoxy) is 1. The van der Waals surface area contributed by atoms with Crippen molar-refractivity contribution in [2.24, 2.45) is 0 Å². The highest BCUT2D eigenvalue weighted by Gasteiger charge is 2.18. The summed E-state index contributed by atoms with van der Waals surface area (Å²) in [6, 6.07) is 3.64. The molecular weight excluding hydrogens is 316 g/mol. The third-order valence-electron chi connectivity index (χ3n) is 3.42. The Morgan fingerprint density at radius 3 is 2.78 bits per heavy atom. The summed E-state index contributed by atoms with van der Waals surface area (Å²) in [5, 5.41) is 9.08. The van der Waals surface area contributed by atoms with Crippen LogP contribution in [0.25, 0.3) is 11.6 Å². The third-order valence-corrected chi connectivity index (χ3v) is 4.37. The fraction of sp³-hybridized carbons (Fsp3) is 0.533. The second-order valence-corrected chi connectivity index (χ2v) is 5.73. The van der Waals surface area contributed by atoms with Crippen molar-refractivity contribution in [3.05, 3.63) is 18.4 Å². The van der Waals surface area contributed by atoms with Gasteiger partial charge in [-0.25, -0.2) is 0 Å². The van der Waals surface area contributed by atoms with Gasteiger partial charge in [-0.05, 0) is 26.0 Å². The molecule has 0 unspecified atom stereocenters. The smallest absolute Gasteiger partial charge is 0.233 e. The largest absolute Gasteiger partial charge is 0.461 e. The van der Waals surface area contributed by atoms with Gasteiger partial charge in [-0.2, -0.15) is 0 Å². The number of methoxy groups -OCH3 is 1. The highest BCUT2D eigenvalue weighted by molar-refractivity contribution is 7.99. The summed E-state index contributed by atoms with van der Waals surface area (Å²) in [5.41, 5.74) is 0. The van der Waals surface area contributed by atoms with Crippen LogP contribution in [0.3, 0.4) is 0 Å². The summed E-state index contributed by atoms with van der Waals surface area (Å²) in [7, 11) is 1.65. The molecule has 126 valence electrons. The zero-order valence-corrected chi connectivity index (χ0v) is 14.5. The molecule has 0 aliphatic rings. The summed E-state index contributed by atoms with van der Waals surface area (Å²) < 4.78 is 12.5. The minimum absolute atomic E-state index is 0.0980. The van der Waals surface area contributed by atoms with E-state index in [1.807, 2.05) is 24.5 Å². The lowest BCUT2D eigenvalue weighted by molar-refractivity contribution is -0.127. The second-order valence-electron chi connectivity index (χ2n) is 4.78. The molecule has 1 amide bonds. The molecule has 0 aromatic carbocycles. The number of carbonyl (C=O) groups excluding carboxylic acids is 1. The molecule has 2 aromatic heterocycles. The lowest BCUT2D eigenvalue weighted by Gasteiger charge is -2.18. The number of rotatable bonds is 9. The van der Waals surface area contributed by atoms with Crippen LogP contribution in [0.5, 0.6) is 0 Å². The van der Waals surface area contributed by atoms with Crippen LogP contribution < -0.4 is 0 Å². The minimum Gasteiger partial charge on any atom is -0.461 e. The van der Waals surface area contributed by atoms with Crippen molar-refractivity contribution in [2.45, 2.75) is 25.5 Å². The maximum atomic E-state index is 12.1. The van der Waals surface area contributed by atoms with Crippen LogP contribution in [0.4, 0.5) is 0 Å². The first kappa shape index (κ1) is 17.6. The van der Waals surface area contributed by atoms with E-state index in [4.69, 9.17) is 9.15 Å². The monoisotopic (exact) mass is 338 g/mol. The molecule has 2 heterocycles. The molecule has 7 nitrogen and oxygen atoms in total. The van der Waals surface area contributed by atoms with Gasteiger partial charge >= 0.3 is 0 Å². The Morgan fingerprint density at radius 2 is 2.17 bits per heavy atom. The van der Waals surface area contributed by atoms with Crippen molar-refractivity contribution < 1.29 is 13.9 Å². The number of hydrogen-bond acceptors (Lipinski definition) is 6. The lowest BCUT2D eigenvalue weighted by atomic mass is 10.4. The molecule has 0 radical (unpaired) electrons. The topological polar surface area (TPSA) is 73.4 Å². The molecule has 0 N–H and O–H groups in total. The SMILES string of the molecule is CCN(CC)C(=O)CSc1nnc(-c2ccco2)n1CCOC. The van der Waals surface area contributed by atoms with Crippen molar-refractivity contribution >= 4 is 17.7 Å². The maximum Gasteiger partial charge on any atom is 0.233 e. The number of carbonyl (C=O) groups is 1. The molecule has 0 spiro atoms. The van der Waals surface area contributed by atoms with Gasteiger partial charge < -0.3 is 14.1 Å². The Labute approximate surface area is 140 Å². The molecule has 2 rings (SSSR count). The molecule has 0 saturated carbocycles. The number of thioether (sulfide) groups is 1. The first-order valence-corrected chi connectivity index (χ1v) is 8.56. The fourth-order valence-electron chi connectivity index (χ4n) is 2.16. The van der Waals surface area contributed by atoms with Crippen molar-refractivity contribution in [1.29, 1.82) is 0 Å². The lowest BCUT2D eigenvalue weighted by Crippen LogP contribution is -2.32. The predicted molar refractivity (Wildman–Crippen MR) is 88.3 cm³/mol. The first-order valence-electron chi connectivity index (χ1n) is 7.57. The van der Waals surface area contributed by atoms with Gasteiger partial charge in [0.2, 0.25) is 11.7 Å². The van der Waals surface area contributed by atoms with E-state index in [1.54, 1.807) is 24.3 Å². The molecule has 2 aromatic rings. The fourth-order valence-corrected chi connectivity index (χ4v) is 3.03. The summed E-state index contributed by atoms with van der Waals surface area (Å²) in [6.45, 7) is 6.50. The van der Waals surface area contributed by atoms with Crippen LogP contribution in [0.2, 0.25) is 0 Å². The van der Waals surface area contributed by atoms with E-state index in [2.05, 4.69) is 10.2 Å². The average Bonchev–Trinajstić information content (AvgIpc) is 3.21. The number of nitrogens with zero attached hydrogens (tertiary/aromatic N) is 4. The molecule has 8 heteroatoms. The number of hydrogen-bond donors (Lipinski definition) is 0. The second kappa shape index (κ2) is 8.73. The quantitative estimate of drug-likeness (QED) is 0.652. The molecule has 0 bridgehead atoms. The average molecular weight is 338 g/mol. The third kappa shape index (κ3) is 4.35. The summed E-state index contributed by atoms with van der Waals surface area (Å²) in [4.78, 5) is 13.9. The normalized spacial score (nSPS) is 10.9. The van der Waals surface area contributed by atoms with Crippen LogP contribution in [-0.4, -0.2) is 58.1 Å². The molecule has 0 aliphatic carbocycles. The standard InChI is InChI=1S/C15H22N4O3S/c1-4-18(5-2)13(20)11-23-15-17-16-14(12-7-6-9-22-12)19(15)8-10-21-3/h6-7,9H,4-5,8,10-11H2,1-3H3. The molecule has 0 saturated heterocycles. The van der Waals surface area contributed by atoms with E-state index in [-0.39, 0.29) is 5.91 Å². The van der Waals surface area contributed by atoms with Gasteiger partial charge in [-0.3, -0.25) is 9.36 Å². The van der Waals surface area contributed by atoms with Crippen LogP contribution in [-0.2, 0) is 16.1 Å². The van der Waals surface area contributed by atoms with Gasteiger partial charge in [0.15, 0.2) is 10.9 Å². The number of aromatic nitrogens is 3. The molecule has 23 heavy (non-hydrogen) atoms. The van der Waals surface area contributed by atoms with Gasteiger partial charge in [-0.1, -0.05) is 11.8 Å². The van der Waals surface area contributed by atoms with E-state index < -0.39 is 0 Å². The van der Waals surface area contributed by atoms with Gasteiger partial charge in [0.1, 0.15) is 0 Å². The molecule has 0 aliphatic heterocycles. The Balaban J connectivity index is 2.13. The summed E-state index contributed by atoms with van der Waals surface area (Å²) in [5.74, 6) is 1.73. The summed E-state index contributed by atoms with van der Waals surface area (Å²) in [6.07, 6.45) is 1.60. The van der Waals surface area contributed by atoms with Crippen molar-refractivity contribution in [2.75, 3.05) is 32.6 Å². The Bertz CT molecular complexity index is 608. The zero-order valence-electron chi connectivity index (χ0n) is 13.7. The van der Waals surface area contributed by atoms with E-state index >= 15 is 0 Å². The summed E-state index contributed by atoms with van der Waals surface area (Å²) >= 11 is 1.38. The van der Waals surface area contributed by atoms with E-state index in [1.165, 1.54) is 11.8 Å². The van der Waals surface area contributed by atoms with E-state index in [0.29, 0.717) is 48.7 Å². The van der Waals surface area contributed by atoms with Gasteiger partial charge in [-0.15, -0.1) is 10.2 Å². The van der Waals surface area contributed by atoms with Gasteiger partial charge in [0, 0.05) is 20.2 Å². The first-order chi connectivity index (χ1) is 11.2. The van der Waals surface area contributed by atoms with Crippen molar-refractivity contribution in [1.82, 2.24) is 19.7 Å². The highest BCUT2D eigenvalue weighted by Crippen LogP contribution is 2.24. The van der Waals surface area contributed by atoms with Crippen molar-refractivity contribution in [3.63, 3.8) is 0 Å².